The van der Waals surface area contributed by atoms with Crippen LogP contribution in [0.1, 0.15) is 38.3 Å². The Hall–Kier alpha value is -3.39. The highest BCUT2D eigenvalue weighted by Gasteiger charge is 2.27. The molecule has 2 rings (SSSR count). The third-order valence-corrected chi connectivity index (χ3v) is 4.51. The number of carbonyl (C=O) groups is 3. The minimum Gasteiger partial charge on any atom is -0.461 e. The first-order valence-electron chi connectivity index (χ1n) is 10.8. The molecule has 0 saturated carbocycles. The molecule has 8 heteroatoms. The van der Waals surface area contributed by atoms with Gasteiger partial charge in [0.15, 0.2) is 0 Å². The van der Waals surface area contributed by atoms with E-state index in [2.05, 4.69) is 10.6 Å². The highest BCUT2D eigenvalue weighted by atomic mass is 16.6. The zero-order valence-corrected chi connectivity index (χ0v) is 19.2. The Morgan fingerprint density at radius 2 is 1.48 bits per heavy atom. The maximum Gasteiger partial charge on any atom is 0.408 e. The third-order valence-electron chi connectivity index (χ3n) is 4.51. The van der Waals surface area contributed by atoms with Gasteiger partial charge in [-0.3, -0.25) is 9.59 Å². The van der Waals surface area contributed by atoms with E-state index in [0.29, 0.717) is 0 Å². The molecule has 0 radical (unpaired) electrons. The maximum atomic E-state index is 12.9. The molecule has 2 aromatic rings. The van der Waals surface area contributed by atoms with Crippen molar-refractivity contribution in [2.24, 2.45) is 0 Å². The van der Waals surface area contributed by atoms with Crippen molar-refractivity contribution in [3.05, 3.63) is 71.8 Å². The minimum absolute atomic E-state index is 0.0998. The van der Waals surface area contributed by atoms with Crippen molar-refractivity contribution in [1.29, 1.82) is 0 Å². The van der Waals surface area contributed by atoms with E-state index in [-0.39, 0.29) is 19.4 Å². The van der Waals surface area contributed by atoms with Crippen molar-refractivity contribution in [2.45, 2.75) is 57.9 Å². The van der Waals surface area contributed by atoms with Crippen molar-refractivity contribution in [3.8, 4) is 0 Å². The van der Waals surface area contributed by atoms with Crippen LogP contribution in [-0.4, -0.2) is 47.4 Å². The van der Waals surface area contributed by atoms with E-state index in [1.807, 2.05) is 60.7 Å². The molecule has 2 atom stereocenters. The molecule has 0 fully saturated rings. The van der Waals surface area contributed by atoms with Gasteiger partial charge < -0.3 is 25.2 Å². The first-order valence-corrected chi connectivity index (χ1v) is 10.8. The Morgan fingerprint density at radius 1 is 0.909 bits per heavy atom. The summed E-state index contributed by atoms with van der Waals surface area (Å²) in [4.78, 5) is 37.4. The van der Waals surface area contributed by atoms with Crippen LogP contribution in [0.4, 0.5) is 4.79 Å². The lowest BCUT2D eigenvalue weighted by Crippen LogP contribution is -2.52. The largest absolute Gasteiger partial charge is 0.461 e. The summed E-state index contributed by atoms with van der Waals surface area (Å²) in [5.41, 5.74) is 0.935. The van der Waals surface area contributed by atoms with Crippen molar-refractivity contribution < 1.29 is 29.0 Å². The van der Waals surface area contributed by atoms with Gasteiger partial charge in [-0.05, 0) is 31.9 Å². The molecule has 178 valence electrons. The summed E-state index contributed by atoms with van der Waals surface area (Å²) in [6, 6.07) is 16.6. The number of ether oxygens (including phenoxy) is 2. The van der Waals surface area contributed by atoms with E-state index in [9.17, 15) is 19.5 Å². The number of esters is 1. The van der Waals surface area contributed by atoms with Crippen LogP contribution in [0.3, 0.4) is 0 Å². The normalized spacial score (nSPS) is 12.8. The quantitative estimate of drug-likeness (QED) is 0.474. The molecule has 3 N–H and O–H groups in total. The summed E-state index contributed by atoms with van der Waals surface area (Å²) in [7, 11) is 0. The molecule has 0 aliphatic carbocycles. The lowest BCUT2D eigenvalue weighted by atomic mass is 10.0. The van der Waals surface area contributed by atoms with Crippen LogP contribution >= 0.6 is 0 Å². The number of hydrogen-bond acceptors (Lipinski definition) is 6. The fourth-order valence-electron chi connectivity index (χ4n) is 2.97. The standard InChI is InChI=1S/C25H32N2O6/c1-25(2,3)33-24(31)27-21(14-18-10-6-4-7-11-18)23(30)26-20(16-28)15-22(29)32-17-19-12-8-5-9-13-19/h4-13,20-21,28H,14-17H2,1-3H3,(H,26,30)(H,27,31)/t20-,21+/m1/s1. The molecular weight excluding hydrogens is 424 g/mol. The van der Waals surface area contributed by atoms with Crippen molar-refractivity contribution in [2.75, 3.05) is 6.61 Å². The number of alkyl carbamates (subject to hydrolysis) is 1. The summed E-state index contributed by atoms with van der Waals surface area (Å²) in [5, 5.41) is 14.9. The lowest BCUT2D eigenvalue weighted by Gasteiger charge is -2.25. The molecule has 0 aliphatic rings. The van der Waals surface area contributed by atoms with Gasteiger partial charge in [0.05, 0.1) is 19.1 Å². The number of hydrogen-bond donors (Lipinski definition) is 3. The molecule has 0 aromatic heterocycles. The Morgan fingerprint density at radius 3 is 2.03 bits per heavy atom. The molecule has 2 aromatic carbocycles. The molecule has 33 heavy (non-hydrogen) atoms. The topological polar surface area (TPSA) is 114 Å². The SMILES string of the molecule is CC(C)(C)OC(=O)N[C@@H](Cc1ccccc1)C(=O)N[C@@H](CO)CC(=O)OCc1ccccc1. The fourth-order valence-corrected chi connectivity index (χ4v) is 2.97. The van der Waals surface area contributed by atoms with Crippen molar-refractivity contribution >= 4 is 18.0 Å². The number of nitrogens with one attached hydrogen (secondary N) is 2. The third kappa shape index (κ3) is 10.2. The van der Waals surface area contributed by atoms with Crippen molar-refractivity contribution in [3.63, 3.8) is 0 Å². The van der Waals surface area contributed by atoms with Gasteiger partial charge in [0.1, 0.15) is 18.2 Å². The second kappa shape index (κ2) is 12.6. The van der Waals surface area contributed by atoms with Gasteiger partial charge in [-0.25, -0.2) is 4.79 Å². The van der Waals surface area contributed by atoms with E-state index >= 15 is 0 Å². The van der Waals surface area contributed by atoms with Gasteiger partial charge in [-0.1, -0.05) is 60.7 Å². The number of amides is 2. The minimum atomic E-state index is -0.961. The van der Waals surface area contributed by atoms with Crippen LogP contribution < -0.4 is 10.6 Å². The molecule has 0 heterocycles. The summed E-state index contributed by atoms with van der Waals surface area (Å²) in [6.07, 6.45) is -0.733. The predicted molar refractivity (Wildman–Crippen MR) is 123 cm³/mol. The van der Waals surface area contributed by atoms with Crippen molar-refractivity contribution in [1.82, 2.24) is 10.6 Å². The van der Waals surface area contributed by atoms with Crippen LogP contribution in [0.15, 0.2) is 60.7 Å². The summed E-state index contributed by atoms with van der Waals surface area (Å²) in [6.45, 7) is 4.81. The first-order chi connectivity index (χ1) is 15.7. The zero-order chi connectivity index (χ0) is 24.3. The van der Waals surface area contributed by atoms with Crippen LogP contribution in [0.25, 0.3) is 0 Å². The molecular formula is C25H32N2O6. The van der Waals surface area contributed by atoms with Crippen LogP contribution in [0, 0.1) is 0 Å². The molecule has 2 amide bonds. The second-order valence-electron chi connectivity index (χ2n) is 8.63. The Labute approximate surface area is 194 Å². The molecule has 0 spiro atoms. The van der Waals surface area contributed by atoms with Gasteiger partial charge >= 0.3 is 12.1 Å². The van der Waals surface area contributed by atoms with Crippen LogP contribution in [0.5, 0.6) is 0 Å². The summed E-state index contributed by atoms with van der Waals surface area (Å²) in [5.74, 6) is -1.10. The monoisotopic (exact) mass is 456 g/mol. The number of aliphatic hydroxyl groups excluding tert-OH is 1. The van der Waals surface area contributed by atoms with Crippen LogP contribution in [-0.2, 0) is 32.1 Å². The summed E-state index contributed by atoms with van der Waals surface area (Å²) < 4.78 is 10.5. The predicted octanol–water partition coefficient (Wildman–Crippen LogP) is 2.73. The van der Waals surface area contributed by atoms with E-state index in [0.717, 1.165) is 11.1 Å². The maximum absolute atomic E-state index is 12.9. The van der Waals surface area contributed by atoms with Gasteiger partial charge in [-0.2, -0.15) is 0 Å². The van der Waals surface area contributed by atoms with Gasteiger partial charge in [0.2, 0.25) is 5.91 Å². The molecule has 8 nitrogen and oxygen atoms in total. The molecule has 0 aliphatic heterocycles. The summed E-state index contributed by atoms with van der Waals surface area (Å²) >= 11 is 0. The molecule has 0 unspecified atom stereocenters. The van der Waals surface area contributed by atoms with Gasteiger partial charge in [0.25, 0.3) is 0 Å². The first kappa shape index (κ1) is 25.9. The second-order valence-corrected chi connectivity index (χ2v) is 8.63. The van der Waals surface area contributed by atoms with E-state index < -0.39 is 42.3 Å². The Bertz CT molecular complexity index is 896. The van der Waals surface area contributed by atoms with E-state index in [4.69, 9.17) is 9.47 Å². The van der Waals surface area contributed by atoms with Crippen LogP contribution in [0.2, 0.25) is 0 Å². The molecule has 0 saturated heterocycles. The van der Waals surface area contributed by atoms with Gasteiger partial charge in [-0.15, -0.1) is 0 Å². The average Bonchev–Trinajstić information content (AvgIpc) is 2.77. The van der Waals surface area contributed by atoms with E-state index in [1.165, 1.54) is 0 Å². The Kier molecular flexibility index (Phi) is 9.87. The smallest absolute Gasteiger partial charge is 0.408 e. The Balaban J connectivity index is 1.98. The number of aliphatic hydroxyl groups is 1. The highest BCUT2D eigenvalue weighted by molar-refractivity contribution is 5.86. The fraction of sp³-hybridized carbons (Fsp3) is 0.400. The van der Waals surface area contributed by atoms with Gasteiger partial charge in [0, 0.05) is 6.42 Å². The highest BCUT2D eigenvalue weighted by Crippen LogP contribution is 2.09. The lowest BCUT2D eigenvalue weighted by molar-refractivity contribution is -0.146. The number of benzene rings is 2. The molecule has 0 bridgehead atoms. The number of carbonyl (C=O) groups excluding carboxylic acids is 3. The number of rotatable bonds is 10. The average molecular weight is 457 g/mol. The van der Waals surface area contributed by atoms with E-state index in [1.54, 1.807) is 20.8 Å². The zero-order valence-electron chi connectivity index (χ0n) is 19.2.